The van der Waals surface area contributed by atoms with Gasteiger partial charge < -0.3 is 9.47 Å². The van der Waals surface area contributed by atoms with Crippen LogP contribution in [0.15, 0.2) is 73.1 Å². The summed E-state index contributed by atoms with van der Waals surface area (Å²) in [5.41, 5.74) is 0.602. The SMILES string of the molecule is O=S(=O)(Cc1n[nH]cc1Oc1ccccc1)Cc1n[nH]cc1Oc1ccccc1. The number of benzene rings is 2. The zero-order valence-electron chi connectivity index (χ0n) is 15.3. The number of para-hydroxylation sites is 2. The number of aromatic amines is 2. The molecule has 148 valence electrons. The average Bonchev–Trinajstić information content (AvgIpc) is 3.32. The van der Waals surface area contributed by atoms with Crippen LogP contribution in [-0.2, 0) is 21.3 Å². The highest BCUT2D eigenvalue weighted by Crippen LogP contribution is 2.28. The zero-order valence-corrected chi connectivity index (χ0v) is 16.1. The van der Waals surface area contributed by atoms with Crippen LogP contribution in [0.1, 0.15) is 11.4 Å². The van der Waals surface area contributed by atoms with Crippen LogP contribution in [-0.4, -0.2) is 28.8 Å². The van der Waals surface area contributed by atoms with E-state index in [1.807, 2.05) is 36.4 Å². The van der Waals surface area contributed by atoms with Crippen LogP contribution in [0.2, 0.25) is 0 Å². The summed E-state index contributed by atoms with van der Waals surface area (Å²) >= 11 is 0. The van der Waals surface area contributed by atoms with Gasteiger partial charge in [-0.15, -0.1) is 0 Å². The second-order valence-electron chi connectivity index (χ2n) is 6.25. The summed E-state index contributed by atoms with van der Waals surface area (Å²) in [6.07, 6.45) is 3.05. The molecule has 0 amide bonds. The van der Waals surface area contributed by atoms with Gasteiger partial charge in [0.05, 0.1) is 23.9 Å². The first-order chi connectivity index (χ1) is 14.1. The summed E-state index contributed by atoms with van der Waals surface area (Å²) in [5.74, 6) is 1.33. The Labute approximate surface area is 167 Å². The van der Waals surface area contributed by atoms with E-state index < -0.39 is 9.84 Å². The van der Waals surface area contributed by atoms with Crippen molar-refractivity contribution in [3.8, 4) is 23.0 Å². The molecule has 0 aliphatic heterocycles. The van der Waals surface area contributed by atoms with Crippen LogP contribution in [0, 0.1) is 0 Å². The fourth-order valence-corrected chi connectivity index (χ4v) is 4.05. The smallest absolute Gasteiger partial charge is 0.169 e. The fourth-order valence-electron chi connectivity index (χ4n) is 2.70. The lowest BCUT2D eigenvalue weighted by atomic mass is 10.3. The first-order valence-electron chi connectivity index (χ1n) is 8.80. The van der Waals surface area contributed by atoms with E-state index in [1.165, 1.54) is 12.4 Å². The largest absolute Gasteiger partial charge is 0.454 e. The van der Waals surface area contributed by atoms with Gasteiger partial charge in [-0.1, -0.05) is 36.4 Å². The van der Waals surface area contributed by atoms with Crippen molar-refractivity contribution in [1.29, 1.82) is 0 Å². The Bertz CT molecular complexity index is 1080. The molecule has 0 saturated heterocycles. The number of rotatable bonds is 8. The minimum atomic E-state index is -3.58. The molecular formula is C20H18N4O4S. The molecular weight excluding hydrogens is 392 g/mol. The van der Waals surface area contributed by atoms with Gasteiger partial charge >= 0.3 is 0 Å². The predicted molar refractivity (Wildman–Crippen MR) is 107 cm³/mol. The molecule has 2 aromatic carbocycles. The van der Waals surface area contributed by atoms with Gasteiger partial charge in [-0.2, -0.15) is 10.2 Å². The van der Waals surface area contributed by atoms with Crippen molar-refractivity contribution in [1.82, 2.24) is 20.4 Å². The first-order valence-corrected chi connectivity index (χ1v) is 10.6. The zero-order chi connectivity index (χ0) is 20.1. The molecule has 29 heavy (non-hydrogen) atoms. The van der Waals surface area contributed by atoms with Gasteiger partial charge in [0.25, 0.3) is 0 Å². The van der Waals surface area contributed by atoms with Crippen molar-refractivity contribution < 1.29 is 17.9 Å². The Hall–Kier alpha value is -3.59. The molecule has 0 unspecified atom stereocenters. The molecule has 0 aliphatic carbocycles. The molecule has 0 aliphatic rings. The molecule has 2 N–H and O–H groups in total. The number of ether oxygens (including phenoxy) is 2. The van der Waals surface area contributed by atoms with Gasteiger partial charge in [0, 0.05) is 0 Å². The molecule has 0 saturated carbocycles. The summed E-state index contributed by atoms with van der Waals surface area (Å²) in [4.78, 5) is 0. The van der Waals surface area contributed by atoms with Crippen molar-refractivity contribution in [3.63, 3.8) is 0 Å². The van der Waals surface area contributed by atoms with Gasteiger partial charge in [-0.25, -0.2) is 8.42 Å². The Balaban J connectivity index is 1.47. The molecule has 0 fully saturated rings. The summed E-state index contributed by atoms with van der Waals surface area (Å²) in [6.45, 7) is 0. The molecule has 4 rings (SSSR count). The molecule has 2 heterocycles. The lowest BCUT2D eigenvalue weighted by molar-refractivity contribution is 0.476. The standard InChI is InChI=1S/C20H18N4O4S/c25-29(26,13-17-19(11-21-23-17)27-15-7-3-1-4-8-15)14-18-20(12-22-24-18)28-16-9-5-2-6-10-16/h1-12H,13-14H2,(H,21,23)(H,22,24). The van der Waals surface area contributed by atoms with E-state index in [-0.39, 0.29) is 11.5 Å². The maximum absolute atomic E-state index is 12.8. The van der Waals surface area contributed by atoms with Crippen molar-refractivity contribution in [3.05, 3.63) is 84.4 Å². The van der Waals surface area contributed by atoms with Crippen LogP contribution in [0.4, 0.5) is 0 Å². The Morgan fingerprint density at radius 2 is 1.10 bits per heavy atom. The van der Waals surface area contributed by atoms with E-state index in [9.17, 15) is 8.42 Å². The molecule has 4 aromatic rings. The van der Waals surface area contributed by atoms with Crippen molar-refractivity contribution in [2.24, 2.45) is 0 Å². The Morgan fingerprint density at radius 3 is 1.52 bits per heavy atom. The first kappa shape index (κ1) is 18.8. The minimum absolute atomic E-state index is 0.295. The molecule has 0 bridgehead atoms. The van der Waals surface area contributed by atoms with Gasteiger partial charge in [0.1, 0.15) is 22.9 Å². The quantitative estimate of drug-likeness (QED) is 0.457. The number of aromatic nitrogens is 4. The van der Waals surface area contributed by atoms with E-state index in [0.29, 0.717) is 34.4 Å². The topological polar surface area (TPSA) is 110 Å². The minimum Gasteiger partial charge on any atom is -0.454 e. The highest BCUT2D eigenvalue weighted by Gasteiger charge is 2.22. The fraction of sp³-hybridized carbons (Fsp3) is 0.100. The van der Waals surface area contributed by atoms with E-state index >= 15 is 0 Å². The number of sulfone groups is 1. The van der Waals surface area contributed by atoms with Crippen LogP contribution in [0.3, 0.4) is 0 Å². The number of nitrogens with one attached hydrogen (secondary N) is 2. The third kappa shape index (κ3) is 4.82. The maximum Gasteiger partial charge on any atom is 0.169 e. The molecule has 0 spiro atoms. The summed E-state index contributed by atoms with van der Waals surface area (Å²) in [7, 11) is -3.58. The number of nitrogens with zero attached hydrogens (tertiary/aromatic N) is 2. The van der Waals surface area contributed by atoms with Gasteiger partial charge in [-0.05, 0) is 24.3 Å². The summed E-state index contributed by atoms with van der Waals surface area (Å²) < 4.78 is 37.0. The third-order valence-electron chi connectivity index (χ3n) is 4.01. The summed E-state index contributed by atoms with van der Waals surface area (Å²) in [5, 5.41) is 13.4. The predicted octanol–water partition coefficient (Wildman–Crippen LogP) is 3.83. The number of hydrogen-bond donors (Lipinski definition) is 2. The number of H-pyrrole nitrogens is 2. The van der Waals surface area contributed by atoms with Gasteiger partial charge in [0.15, 0.2) is 21.3 Å². The van der Waals surface area contributed by atoms with E-state index in [0.717, 1.165) is 0 Å². The molecule has 9 heteroatoms. The second kappa shape index (κ2) is 8.19. The van der Waals surface area contributed by atoms with Crippen molar-refractivity contribution in [2.75, 3.05) is 0 Å². The molecule has 0 radical (unpaired) electrons. The summed E-state index contributed by atoms with van der Waals surface area (Å²) in [6, 6.07) is 18.2. The third-order valence-corrected chi connectivity index (χ3v) is 5.44. The van der Waals surface area contributed by atoms with Crippen molar-refractivity contribution >= 4 is 9.84 Å². The maximum atomic E-state index is 12.8. The van der Waals surface area contributed by atoms with Crippen molar-refractivity contribution in [2.45, 2.75) is 11.5 Å². The normalized spacial score (nSPS) is 11.3. The van der Waals surface area contributed by atoms with Gasteiger partial charge in [0.2, 0.25) is 0 Å². The monoisotopic (exact) mass is 410 g/mol. The van der Waals surface area contributed by atoms with Crippen LogP contribution in [0.25, 0.3) is 0 Å². The van der Waals surface area contributed by atoms with Crippen LogP contribution >= 0.6 is 0 Å². The molecule has 2 aromatic heterocycles. The molecule has 8 nitrogen and oxygen atoms in total. The molecule has 0 atom stereocenters. The van der Waals surface area contributed by atoms with E-state index in [2.05, 4.69) is 20.4 Å². The highest BCUT2D eigenvalue weighted by atomic mass is 32.2. The van der Waals surface area contributed by atoms with E-state index in [1.54, 1.807) is 24.3 Å². The van der Waals surface area contributed by atoms with E-state index in [4.69, 9.17) is 9.47 Å². The lowest BCUT2D eigenvalue weighted by Gasteiger charge is -2.07. The van der Waals surface area contributed by atoms with Gasteiger partial charge in [-0.3, -0.25) is 10.2 Å². The Kier molecular flexibility index (Phi) is 5.30. The van der Waals surface area contributed by atoms with Crippen LogP contribution in [0.5, 0.6) is 23.0 Å². The number of hydrogen-bond acceptors (Lipinski definition) is 6. The van der Waals surface area contributed by atoms with Crippen LogP contribution < -0.4 is 9.47 Å². The average molecular weight is 410 g/mol. The highest BCUT2D eigenvalue weighted by molar-refractivity contribution is 7.89. The lowest BCUT2D eigenvalue weighted by Crippen LogP contribution is -2.09. The Morgan fingerprint density at radius 1 is 0.690 bits per heavy atom. The second-order valence-corrected chi connectivity index (χ2v) is 8.32.